The van der Waals surface area contributed by atoms with Gasteiger partial charge in [-0.3, -0.25) is 0 Å². The Labute approximate surface area is 98.9 Å². The van der Waals surface area contributed by atoms with Gasteiger partial charge in [-0.15, -0.1) is 0 Å². The Bertz CT molecular complexity index is 274. The Balaban J connectivity index is 2.46. The van der Waals surface area contributed by atoms with Gasteiger partial charge in [0.15, 0.2) is 6.61 Å². The quantitative estimate of drug-likeness (QED) is 0.773. The highest BCUT2D eigenvalue weighted by Crippen LogP contribution is 2.37. The first kappa shape index (κ1) is 14.1. The van der Waals surface area contributed by atoms with Gasteiger partial charge in [-0.25, -0.2) is 4.79 Å². The number of halogens is 3. The maximum atomic E-state index is 11.9. The third-order valence-electron chi connectivity index (χ3n) is 3.56. The first-order valence-corrected chi connectivity index (χ1v) is 5.80. The lowest BCUT2D eigenvalue weighted by Gasteiger charge is -2.26. The minimum absolute atomic E-state index is 0.0528. The van der Waals surface area contributed by atoms with E-state index in [0.29, 0.717) is 13.1 Å². The minimum Gasteiger partial charge on any atom is -0.440 e. The molecule has 0 aromatic carbocycles. The maximum absolute atomic E-state index is 11.9. The lowest BCUT2D eigenvalue weighted by atomic mass is 9.82. The van der Waals surface area contributed by atoms with E-state index in [2.05, 4.69) is 4.74 Å². The largest absolute Gasteiger partial charge is 0.440 e. The third-order valence-corrected chi connectivity index (χ3v) is 3.56. The smallest absolute Gasteiger partial charge is 0.422 e. The van der Waals surface area contributed by atoms with Gasteiger partial charge in [-0.05, 0) is 24.7 Å². The van der Waals surface area contributed by atoms with E-state index in [9.17, 15) is 18.0 Å². The molecule has 1 heterocycles. The van der Waals surface area contributed by atoms with Crippen molar-refractivity contribution in [2.45, 2.75) is 39.3 Å². The van der Waals surface area contributed by atoms with Crippen LogP contribution in [0.15, 0.2) is 0 Å². The first-order valence-electron chi connectivity index (χ1n) is 5.80. The zero-order valence-corrected chi connectivity index (χ0v) is 10.1. The van der Waals surface area contributed by atoms with Gasteiger partial charge in [-0.1, -0.05) is 13.8 Å². The summed E-state index contributed by atoms with van der Waals surface area (Å²) in [5.41, 5.74) is 0.0528. The van der Waals surface area contributed by atoms with E-state index in [-0.39, 0.29) is 5.41 Å². The Morgan fingerprint density at radius 2 is 1.94 bits per heavy atom. The molecule has 0 aromatic heterocycles. The number of alkyl halides is 3. The monoisotopic (exact) mass is 253 g/mol. The molecule has 1 amide bonds. The summed E-state index contributed by atoms with van der Waals surface area (Å²) in [6.07, 6.45) is -2.63. The lowest BCUT2D eigenvalue weighted by Crippen LogP contribution is -2.34. The average molecular weight is 253 g/mol. The standard InChI is InChI=1S/C11H18F3NO2/c1-3-10(4-2)5-6-15(7-10)9(16)17-8-11(12,13)14/h3-8H2,1-2H3. The van der Waals surface area contributed by atoms with Crippen molar-refractivity contribution >= 4 is 6.09 Å². The van der Waals surface area contributed by atoms with Gasteiger partial charge < -0.3 is 9.64 Å². The first-order chi connectivity index (χ1) is 7.82. The number of ether oxygens (including phenoxy) is 1. The summed E-state index contributed by atoms with van der Waals surface area (Å²) < 4.78 is 39.9. The van der Waals surface area contributed by atoms with Gasteiger partial charge in [-0.2, -0.15) is 13.2 Å². The van der Waals surface area contributed by atoms with Crippen LogP contribution in [-0.2, 0) is 4.74 Å². The maximum Gasteiger partial charge on any atom is 0.422 e. The van der Waals surface area contributed by atoms with Crippen molar-refractivity contribution in [2.75, 3.05) is 19.7 Å². The van der Waals surface area contributed by atoms with E-state index >= 15 is 0 Å². The number of rotatable bonds is 3. The number of amides is 1. The summed E-state index contributed by atoms with van der Waals surface area (Å²) >= 11 is 0. The van der Waals surface area contributed by atoms with E-state index in [1.807, 2.05) is 13.8 Å². The lowest BCUT2D eigenvalue weighted by molar-refractivity contribution is -0.162. The molecule has 6 heteroatoms. The van der Waals surface area contributed by atoms with Crippen LogP contribution in [0.5, 0.6) is 0 Å². The van der Waals surface area contributed by atoms with Crippen LogP contribution in [-0.4, -0.2) is 36.9 Å². The van der Waals surface area contributed by atoms with Crippen LogP contribution in [0.4, 0.5) is 18.0 Å². The number of carbonyl (C=O) groups excluding carboxylic acids is 1. The molecule has 3 nitrogen and oxygen atoms in total. The van der Waals surface area contributed by atoms with Crippen LogP contribution >= 0.6 is 0 Å². The minimum atomic E-state index is -4.46. The highest BCUT2D eigenvalue weighted by Gasteiger charge is 2.39. The molecular formula is C11H18F3NO2. The average Bonchev–Trinajstić information content (AvgIpc) is 2.70. The van der Waals surface area contributed by atoms with E-state index in [1.54, 1.807) is 0 Å². The highest BCUT2D eigenvalue weighted by molar-refractivity contribution is 5.68. The van der Waals surface area contributed by atoms with Crippen LogP contribution in [0.1, 0.15) is 33.1 Å². The molecule has 1 rings (SSSR count). The fourth-order valence-electron chi connectivity index (χ4n) is 2.15. The van der Waals surface area contributed by atoms with Crippen LogP contribution in [0.3, 0.4) is 0 Å². The predicted molar refractivity (Wildman–Crippen MR) is 56.6 cm³/mol. The summed E-state index contributed by atoms with van der Waals surface area (Å²) in [4.78, 5) is 12.8. The van der Waals surface area contributed by atoms with E-state index in [0.717, 1.165) is 19.3 Å². The molecule has 0 aromatic rings. The summed E-state index contributed by atoms with van der Waals surface area (Å²) in [7, 11) is 0. The summed E-state index contributed by atoms with van der Waals surface area (Å²) in [6.45, 7) is 3.55. The van der Waals surface area contributed by atoms with Crippen LogP contribution in [0.2, 0.25) is 0 Å². The van der Waals surface area contributed by atoms with Crippen LogP contribution < -0.4 is 0 Å². The molecule has 1 aliphatic rings. The zero-order chi connectivity index (χ0) is 13.1. The number of hydrogen-bond donors (Lipinski definition) is 0. The van der Waals surface area contributed by atoms with Gasteiger partial charge in [0.1, 0.15) is 0 Å². The Morgan fingerprint density at radius 3 is 2.35 bits per heavy atom. The van der Waals surface area contributed by atoms with Gasteiger partial charge in [0.25, 0.3) is 0 Å². The second kappa shape index (κ2) is 5.14. The molecule has 0 saturated carbocycles. The molecular weight excluding hydrogens is 235 g/mol. The normalized spacial score (nSPS) is 19.5. The summed E-state index contributed by atoms with van der Waals surface area (Å²) in [5.74, 6) is 0. The van der Waals surface area contributed by atoms with Crippen LogP contribution in [0.25, 0.3) is 0 Å². The van der Waals surface area contributed by atoms with Gasteiger partial charge in [0.05, 0.1) is 0 Å². The van der Waals surface area contributed by atoms with Gasteiger partial charge >= 0.3 is 12.3 Å². The fraction of sp³-hybridized carbons (Fsp3) is 0.909. The van der Waals surface area contributed by atoms with Crippen molar-refractivity contribution < 1.29 is 22.7 Å². The molecule has 0 bridgehead atoms. The van der Waals surface area contributed by atoms with Gasteiger partial charge in [0, 0.05) is 13.1 Å². The molecule has 0 radical (unpaired) electrons. The van der Waals surface area contributed by atoms with Crippen molar-refractivity contribution in [2.24, 2.45) is 5.41 Å². The molecule has 100 valence electrons. The molecule has 0 spiro atoms. The topological polar surface area (TPSA) is 29.5 Å². The van der Waals surface area contributed by atoms with E-state index < -0.39 is 18.9 Å². The van der Waals surface area contributed by atoms with E-state index in [1.165, 1.54) is 4.90 Å². The molecule has 1 saturated heterocycles. The van der Waals surface area contributed by atoms with Crippen molar-refractivity contribution in [1.82, 2.24) is 4.90 Å². The number of nitrogens with zero attached hydrogens (tertiary/aromatic N) is 1. The highest BCUT2D eigenvalue weighted by atomic mass is 19.4. The van der Waals surface area contributed by atoms with Gasteiger partial charge in [0.2, 0.25) is 0 Å². The fourth-order valence-corrected chi connectivity index (χ4v) is 2.15. The molecule has 0 aliphatic carbocycles. The Kier molecular flexibility index (Phi) is 4.27. The summed E-state index contributed by atoms with van der Waals surface area (Å²) in [5, 5.41) is 0. The molecule has 0 atom stereocenters. The van der Waals surface area contributed by atoms with Crippen molar-refractivity contribution in [3.8, 4) is 0 Å². The van der Waals surface area contributed by atoms with Crippen LogP contribution in [0, 0.1) is 5.41 Å². The molecule has 1 aliphatic heterocycles. The second-order valence-electron chi connectivity index (χ2n) is 4.55. The second-order valence-corrected chi connectivity index (χ2v) is 4.55. The predicted octanol–water partition coefficient (Wildman–Crippen LogP) is 3.20. The number of hydrogen-bond acceptors (Lipinski definition) is 2. The molecule has 1 fully saturated rings. The van der Waals surface area contributed by atoms with Crippen molar-refractivity contribution in [3.05, 3.63) is 0 Å². The van der Waals surface area contributed by atoms with E-state index in [4.69, 9.17) is 0 Å². The Hall–Kier alpha value is -0.940. The number of likely N-dealkylation sites (tertiary alicyclic amines) is 1. The van der Waals surface area contributed by atoms with Crippen molar-refractivity contribution in [1.29, 1.82) is 0 Å². The molecule has 0 N–H and O–H groups in total. The molecule has 0 unspecified atom stereocenters. The third kappa shape index (κ3) is 3.78. The summed E-state index contributed by atoms with van der Waals surface area (Å²) in [6, 6.07) is 0. The number of carbonyl (C=O) groups is 1. The SMILES string of the molecule is CCC1(CC)CCN(C(=O)OCC(F)(F)F)C1. The Morgan fingerprint density at radius 1 is 1.35 bits per heavy atom. The van der Waals surface area contributed by atoms with Crippen molar-refractivity contribution in [3.63, 3.8) is 0 Å². The molecule has 17 heavy (non-hydrogen) atoms. The zero-order valence-electron chi connectivity index (χ0n) is 10.1.